The van der Waals surface area contributed by atoms with Crippen LogP contribution in [0.4, 0.5) is 0 Å². The van der Waals surface area contributed by atoms with Gasteiger partial charge in [0.25, 0.3) is 0 Å². The van der Waals surface area contributed by atoms with Crippen molar-refractivity contribution in [1.82, 2.24) is 4.90 Å². The molecule has 70 valence electrons. The van der Waals surface area contributed by atoms with Gasteiger partial charge in [0.2, 0.25) is 5.91 Å². The minimum atomic E-state index is -0.526. The van der Waals surface area contributed by atoms with Gasteiger partial charge in [-0.3, -0.25) is 4.79 Å². The molecule has 2 N–H and O–H groups in total. The van der Waals surface area contributed by atoms with Crippen LogP contribution in [0.3, 0.4) is 0 Å². The standard InChI is InChI=1S/C9H18N2O/c1-8(2,3)11(4)7(12)9(10)5-6-9/h5-6,10H2,1-4H3. The summed E-state index contributed by atoms with van der Waals surface area (Å²) in [5.41, 5.74) is 5.15. The number of likely N-dealkylation sites (N-methyl/N-ethyl adjacent to an activating group) is 1. The maximum Gasteiger partial charge on any atom is 0.242 e. The van der Waals surface area contributed by atoms with Gasteiger partial charge in [0.05, 0.1) is 5.54 Å². The summed E-state index contributed by atoms with van der Waals surface area (Å²) < 4.78 is 0. The summed E-state index contributed by atoms with van der Waals surface area (Å²) in [5, 5.41) is 0. The second-order valence-electron chi connectivity index (χ2n) is 4.69. The van der Waals surface area contributed by atoms with Gasteiger partial charge >= 0.3 is 0 Å². The molecule has 12 heavy (non-hydrogen) atoms. The maximum atomic E-state index is 11.7. The van der Waals surface area contributed by atoms with Crippen molar-refractivity contribution < 1.29 is 4.79 Å². The number of rotatable bonds is 1. The van der Waals surface area contributed by atoms with Crippen LogP contribution in [0.5, 0.6) is 0 Å². The van der Waals surface area contributed by atoms with Crippen LogP contribution in [-0.4, -0.2) is 28.9 Å². The lowest BCUT2D eigenvalue weighted by atomic mass is 10.1. The third kappa shape index (κ3) is 1.61. The monoisotopic (exact) mass is 170 g/mol. The van der Waals surface area contributed by atoms with Gasteiger partial charge in [0, 0.05) is 12.6 Å². The maximum absolute atomic E-state index is 11.7. The molecule has 1 saturated carbocycles. The Labute approximate surface area is 73.9 Å². The zero-order valence-electron chi connectivity index (χ0n) is 8.35. The Balaban J connectivity index is 2.65. The highest BCUT2D eigenvalue weighted by atomic mass is 16.2. The van der Waals surface area contributed by atoms with E-state index in [1.807, 2.05) is 27.8 Å². The summed E-state index contributed by atoms with van der Waals surface area (Å²) in [5.74, 6) is 0.0787. The largest absolute Gasteiger partial charge is 0.339 e. The number of nitrogens with two attached hydrogens (primary N) is 1. The fourth-order valence-corrected chi connectivity index (χ4v) is 0.987. The molecule has 0 aromatic rings. The van der Waals surface area contributed by atoms with Gasteiger partial charge in [0.15, 0.2) is 0 Å². The molecule has 0 aromatic heterocycles. The quantitative estimate of drug-likeness (QED) is 0.630. The van der Waals surface area contributed by atoms with Crippen molar-refractivity contribution in [1.29, 1.82) is 0 Å². The van der Waals surface area contributed by atoms with Gasteiger partial charge in [-0.1, -0.05) is 0 Å². The van der Waals surface area contributed by atoms with Crippen molar-refractivity contribution in [2.45, 2.75) is 44.7 Å². The Morgan fingerprint density at radius 3 is 2.08 bits per heavy atom. The van der Waals surface area contributed by atoms with Gasteiger partial charge in [-0.25, -0.2) is 0 Å². The summed E-state index contributed by atoms with van der Waals surface area (Å²) in [6, 6.07) is 0. The van der Waals surface area contributed by atoms with E-state index in [0.717, 1.165) is 12.8 Å². The molecule has 0 heterocycles. The van der Waals surface area contributed by atoms with E-state index in [-0.39, 0.29) is 11.4 Å². The number of hydrogen-bond donors (Lipinski definition) is 1. The molecular weight excluding hydrogens is 152 g/mol. The van der Waals surface area contributed by atoms with Crippen LogP contribution in [0.25, 0.3) is 0 Å². The molecule has 1 rings (SSSR count). The molecule has 0 bridgehead atoms. The molecule has 0 atom stereocenters. The molecule has 0 radical (unpaired) electrons. The van der Waals surface area contributed by atoms with Gasteiger partial charge in [-0.2, -0.15) is 0 Å². The Morgan fingerprint density at radius 2 is 1.83 bits per heavy atom. The van der Waals surface area contributed by atoms with E-state index in [0.29, 0.717) is 0 Å². The predicted molar refractivity (Wildman–Crippen MR) is 48.7 cm³/mol. The van der Waals surface area contributed by atoms with E-state index in [9.17, 15) is 4.79 Å². The molecule has 3 nitrogen and oxygen atoms in total. The first-order chi connectivity index (χ1) is 5.27. The molecule has 1 fully saturated rings. The summed E-state index contributed by atoms with van der Waals surface area (Å²) >= 11 is 0. The van der Waals surface area contributed by atoms with Crippen molar-refractivity contribution in [2.75, 3.05) is 7.05 Å². The Hall–Kier alpha value is -0.570. The highest BCUT2D eigenvalue weighted by Crippen LogP contribution is 2.35. The Morgan fingerprint density at radius 1 is 1.42 bits per heavy atom. The smallest absolute Gasteiger partial charge is 0.242 e. The summed E-state index contributed by atoms with van der Waals surface area (Å²) in [4.78, 5) is 13.4. The van der Waals surface area contributed by atoms with Crippen LogP contribution in [0.2, 0.25) is 0 Å². The fraction of sp³-hybridized carbons (Fsp3) is 0.889. The third-order valence-electron chi connectivity index (χ3n) is 2.53. The molecule has 0 spiro atoms. The minimum absolute atomic E-state index is 0.0787. The first kappa shape index (κ1) is 9.52. The van der Waals surface area contributed by atoms with E-state index in [1.54, 1.807) is 4.90 Å². The average molecular weight is 170 g/mol. The van der Waals surface area contributed by atoms with Gasteiger partial charge in [-0.15, -0.1) is 0 Å². The van der Waals surface area contributed by atoms with Crippen molar-refractivity contribution in [3.8, 4) is 0 Å². The summed E-state index contributed by atoms with van der Waals surface area (Å²) in [6.45, 7) is 6.03. The molecule has 0 aromatic carbocycles. The van der Waals surface area contributed by atoms with Crippen molar-refractivity contribution in [2.24, 2.45) is 5.73 Å². The second-order valence-corrected chi connectivity index (χ2v) is 4.69. The number of nitrogens with zero attached hydrogens (tertiary/aromatic N) is 1. The van der Waals surface area contributed by atoms with Gasteiger partial charge in [0.1, 0.15) is 0 Å². The van der Waals surface area contributed by atoms with Crippen LogP contribution >= 0.6 is 0 Å². The van der Waals surface area contributed by atoms with Gasteiger partial charge in [-0.05, 0) is 33.6 Å². The van der Waals surface area contributed by atoms with E-state index in [1.165, 1.54) is 0 Å². The van der Waals surface area contributed by atoms with Crippen LogP contribution in [0.15, 0.2) is 0 Å². The van der Waals surface area contributed by atoms with Crippen molar-refractivity contribution in [3.63, 3.8) is 0 Å². The van der Waals surface area contributed by atoms with E-state index in [4.69, 9.17) is 5.73 Å². The summed E-state index contributed by atoms with van der Waals surface area (Å²) in [7, 11) is 1.81. The van der Waals surface area contributed by atoms with Crippen LogP contribution in [0.1, 0.15) is 33.6 Å². The number of amides is 1. The first-order valence-electron chi connectivity index (χ1n) is 4.34. The number of carbonyl (C=O) groups excluding carboxylic acids is 1. The predicted octanol–water partition coefficient (Wildman–Crippen LogP) is 0.735. The van der Waals surface area contributed by atoms with E-state index >= 15 is 0 Å². The molecule has 3 heteroatoms. The average Bonchev–Trinajstić information content (AvgIpc) is 2.64. The molecule has 0 aliphatic heterocycles. The molecular formula is C9H18N2O. The van der Waals surface area contributed by atoms with E-state index < -0.39 is 5.54 Å². The topological polar surface area (TPSA) is 46.3 Å². The molecule has 0 unspecified atom stereocenters. The lowest BCUT2D eigenvalue weighted by Gasteiger charge is -2.34. The van der Waals surface area contributed by atoms with Gasteiger partial charge < -0.3 is 10.6 Å². The minimum Gasteiger partial charge on any atom is -0.339 e. The molecule has 1 aliphatic rings. The fourth-order valence-electron chi connectivity index (χ4n) is 0.987. The Kier molecular flexibility index (Phi) is 1.95. The van der Waals surface area contributed by atoms with Crippen LogP contribution < -0.4 is 5.73 Å². The summed E-state index contributed by atoms with van der Waals surface area (Å²) in [6.07, 6.45) is 1.68. The first-order valence-corrected chi connectivity index (χ1v) is 4.34. The van der Waals surface area contributed by atoms with Crippen molar-refractivity contribution in [3.05, 3.63) is 0 Å². The normalized spacial score (nSPS) is 20.4. The highest BCUT2D eigenvalue weighted by Gasteiger charge is 2.48. The Bertz CT molecular complexity index is 201. The zero-order chi connectivity index (χ0) is 9.57. The third-order valence-corrected chi connectivity index (χ3v) is 2.53. The van der Waals surface area contributed by atoms with Crippen LogP contribution in [0, 0.1) is 0 Å². The molecule has 1 aliphatic carbocycles. The molecule has 0 saturated heterocycles. The SMILES string of the molecule is CN(C(=O)C1(N)CC1)C(C)(C)C. The highest BCUT2D eigenvalue weighted by molar-refractivity contribution is 5.89. The number of hydrogen-bond acceptors (Lipinski definition) is 2. The second kappa shape index (κ2) is 2.46. The lowest BCUT2D eigenvalue weighted by Crippen LogP contribution is -2.51. The number of carbonyl (C=O) groups is 1. The van der Waals surface area contributed by atoms with Crippen molar-refractivity contribution >= 4 is 5.91 Å². The lowest BCUT2D eigenvalue weighted by molar-refractivity contribution is -0.136. The zero-order valence-corrected chi connectivity index (χ0v) is 8.35. The van der Waals surface area contributed by atoms with E-state index in [2.05, 4.69) is 0 Å². The molecule has 1 amide bonds. The van der Waals surface area contributed by atoms with Crippen LogP contribution in [-0.2, 0) is 4.79 Å².